The summed E-state index contributed by atoms with van der Waals surface area (Å²) in [7, 11) is 0. The third-order valence-corrected chi connectivity index (χ3v) is 8.66. The number of allylic oxidation sites excluding steroid dienone is 6. The molecule has 1 N–H and O–H groups in total. The number of nitrogens with zero attached hydrogens (tertiary/aromatic N) is 1. The van der Waals surface area contributed by atoms with Gasteiger partial charge in [0.25, 0.3) is 0 Å². The Hall–Kier alpha value is -3.06. The molecular weight excluding hydrogens is 446 g/mol. The Morgan fingerprint density at radius 2 is 1.80 bits per heavy atom. The van der Waals surface area contributed by atoms with Gasteiger partial charge in [-0.3, -0.25) is 24.1 Å². The van der Waals surface area contributed by atoms with Gasteiger partial charge in [-0.15, -0.1) is 0 Å². The SMILES string of the molecule is CC1=CC(=O)C2=C(C1=O)C(c1ccc(CO)o1)C1=CCC3C(=O)N(C4CCCCC4)C(=O)C3C1C2. The van der Waals surface area contributed by atoms with Gasteiger partial charge in [-0.05, 0) is 56.7 Å². The number of amides is 2. The van der Waals surface area contributed by atoms with Crippen LogP contribution in [0.15, 0.2) is 51.0 Å². The summed E-state index contributed by atoms with van der Waals surface area (Å²) in [5.41, 5.74) is 2.10. The maximum Gasteiger partial charge on any atom is 0.233 e. The van der Waals surface area contributed by atoms with Crippen molar-refractivity contribution in [3.05, 3.63) is 58.1 Å². The molecule has 6 rings (SSSR count). The van der Waals surface area contributed by atoms with Gasteiger partial charge in [0.15, 0.2) is 11.6 Å². The molecule has 5 aliphatic rings. The van der Waals surface area contributed by atoms with Crippen molar-refractivity contribution in [3.8, 4) is 0 Å². The van der Waals surface area contributed by atoms with Crippen molar-refractivity contribution in [2.24, 2.45) is 17.8 Å². The van der Waals surface area contributed by atoms with E-state index in [-0.39, 0.29) is 48.4 Å². The summed E-state index contributed by atoms with van der Waals surface area (Å²) in [5.74, 6) is -1.64. The molecule has 1 aliphatic heterocycles. The summed E-state index contributed by atoms with van der Waals surface area (Å²) in [6, 6.07) is 3.36. The van der Waals surface area contributed by atoms with Crippen LogP contribution in [0.1, 0.15) is 69.3 Å². The maximum atomic E-state index is 13.8. The van der Waals surface area contributed by atoms with E-state index in [9.17, 15) is 24.3 Å². The average Bonchev–Trinajstić information content (AvgIpc) is 3.44. The van der Waals surface area contributed by atoms with Crippen molar-refractivity contribution in [1.82, 2.24) is 4.90 Å². The number of hydrogen-bond acceptors (Lipinski definition) is 6. The highest BCUT2D eigenvalue weighted by molar-refractivity contribution is 6.23. The van der Waals surface area contributed by atoms with Crippen molar-refractivity contribution in [1.29, 1.82) is 0 Å². The molecule has 4 aliphatic carbocycles. The van der Waals surface area contributed by atoms with Crippen molar-refractivity contribution < 1.29 is 28.7 Å². The predicted octanol–water partition coefficient (Wildman–Crippen LogP) is 3.53. The van der Waals surface area contributed by atoms with Gasteiger partial charge >= 0.3 is 0 Å². The third-order valence-electron chi connectivity index (χ3n) is 8.66. The first-order chi connectivity index (χ1) is 16.9. The van der Waals surface area contributed by atoms with Crippen LogP contribution < -0.4 is 0 Å². The van der Waals surface area contributed by atoms with Crippen LogP contribution in [-0.4, -0.2) is 39.4 Å². The van der Waals surface area contributed by atoms with Crippen molar-refractivity contribution in [2.75, 3.05) is 0 Å². The highest BCUT2D eigenvalue weighted by Crippen LogP contribution is 2.55. The van der Waals surface area contributed by atoms with E-state index in [1.165, 1.54) is 6.08 Å². The summed E-state index contributed by atoms with van der Waals surface area (Å²) < 4.78 is 5.89. The Morgan fingerprint density at radius 1 is 1.03 bits per heavy atom. The Kier molecular flexibility index (Phi) is 5.29. The second-order valence-corrected chi connectivity index (χ2v) is 10.5. The van der Waals surface area contributed by atoms with Crippen LogP contribution in [0.5, 0.6) is 0 Å². The minimum Gasteiger partial charge on any atom is -0.463 e. The van der Waals surface area contributed by atoms with E-state index in [1.807, 2.05) is 6.08 Å². The van der Waals surface area contributed by atoms with Crippen LogP contribution in [0, 0.1) is 17.8 Å². The Bertz CT molecular complexity index is 1240. The second kappa shape index (κ2) is 8.26. The van der Waals surface area contributed by atoms with Crippen LogP contribution >= 0.6 is 0 Å². The summed E-state index contributed by atoms with van der Waals surface area (Å²) >= 11 is 0. The van der Waals surface area contributed by atoms with E-state index in [2.05, 4.69) is 0 Å². The first kappa shape index (κ1) is 22.4. The van der Waals surface area contributed by atoms with Crippen LogP contribution in [0.3, 0.4) is 0 Å². The Morgan fingerprint density at radius 3 is 2.51 bits per heavy atom. The number of rotatable bonds is 3. The number of Topliss-reactive ketones (excluding diaryl/α,β-unsaturated/α-hetero) is 1. The molecule has 1 saturated carbocycles. The predicted molar refractivity (Wildman–Crippen MR) is 125 cm³/mol. The van der Waals surface area contributed by atoms with Crippen LogP contribution in [0.2, 0.25) is 0 Å². The lowest BCUT2D eigenvalue weighted by atomic mass is 9.60. The molecular formula is C28H29NO6. The van der Waals surface area contributed by atoms with Gasteiger partial charge in [0.1, 0.15) is 18.1 Å². The van der Waals surface area contributed by atoms with E-state index in [4.69, 9.17) is 4.42 Å². The van der Waals surface area contributed by atoms with Crippen LogP contribution in [0.25, 0.3) is 0 Å². The summed E-state index contributed by atoms with van der Waals surface area (Å²) in [6.45, 7) is 1.36. The fourth-order valence-corrected chi connectivity index (χ4v) is 7.05. The van der Waals surface area contributed by atoms with Crippen molar-refractivity contribution in [2.45, 2.75) is 70.4 Å². The number of carbonyl (C=O) groups excluding carboxylic acids is 4. The van der Waals surface area contributed by atoms with E-state index >= 15 is 0 Å². The summed E-state index contributed by atoms with van der Waals surface area (Å²) in [5, 5.41) is 9.55. The molecule has 2 fully saturated rings. The first-order valence-corrected chi connectivity index (χ1v) is 12.7. The maximum absolute atomic E-state index is 13.8. The molecule has 0 aromatic carbocycles. The van der Waals surface area contributed by atoms with Gasteiger partial charge in [-0.2, -0.15) is 0 Å². The number of furan rings is 1. The number of hydrogen-bond donors (Lipinski definition) is 1. The first-order valence-electron chi connectivity index (χ1n) is 12.7. The third kappa shape index (κ3) is 3.28. The zero-order valence-electron chi connectivity index (χ0n) is 19.8. The number of likely N-dealkylation sites (tertiary alicyclic amines) is 1. The topological polar surface area (TPSA) is 105 Å². The number of ketones is 2. The zero-order chi connectivity index (χ0) is 24.4. The summed E-state index contributed by atoms with van der Waals surface area (Å²) in [4.78, 5) is 55.2. The molecule has 35 heavy (non-hydrogen) atoms. The molecule has 1 aromatic heterocycles. The minimum atomic E-state index is -0.600. The van der Waals surface area contributed by atoms with Gasteiger partial charge in [-0.1, -0.05) is 30.9 Å². The van der Waals surface area contributed by atoms with Gasteiger partial charge < -0.3 is 9.52 Å². The van der Waals surface area contributed by atoms with Crippen LogP contribution in [0.4, 0.5) is 0 Å². The largest absolute Gasteiger partial charge is 0.463 e. The highest BCUT2D eigenvalue weighted by atomic mass is 16.4. The molecule has 0 bridgehead atoms. The van der Waals surface area contributed by atoms with Crippen molar-refractivity contribution >= 4 is 23.4 Å². The van der Waals surface area contributed by atoms with E-state index in [1.54, 1.807) is 24.0 Å². The van der Waals surface area contributed by atoms with Gasteiger partial charge in [-0.25, -0.2) is 0 Å². The highest BCUT2D eigenvalue weighted by Gasteiger charge is 2.57. The number of aliphatic hydroxyl groups excluding tert-OH is 1. The quantitative estimate of drug-likeness (QED) is 0.407. The molecule has 4 atom stereocenters. The Balaban J connectivity index is 1.45. The van der Waals surface area contributed by atoms with Gasteiger partial charge in [0, 0.05) is 22.8 Å². The minimum absolute atomic E-state index is 0.0346. The monoisotopic (exact) mass is 475 g/mol. The molecule has 0 spiro atoms. The lowest BCUT2D eigenvalue weighted by molar-refractivity contribution is -0.143. The Labute approximate surface area is 203 Å². The number of imide groups is 1. The van der Waals surface area contributed by atoms with Gasteiger partial charge in [0.05, 0.1) is 17.8 Å². The second-order valence-electron chi connectivity index (χ2n) is 10.5. The van der Waals surface area contributed by atoms with E-state index in [0.29, 0.717) is 34.7 Å². The molecule has 0 radical (unpaired) electrons. The lowest BCUT2D eigenvalue weighted by Crippen LogP contribution is -2.43. The molecule has 1 saturated heterocycles. The smallest absolute Gasteiger partial charge is 0.233 e. The normalized spacial score (nSPS) is 31.3. The molecule has 7 nitrogen and oxygen atoms in total. The zero-order valence-corrected chi connectivity index (χ0v) is 19.8. The fourth-order valence-electron chi connectivity index (χ4n) is 7.05. The molecule has 182 valence electrons. The standard InChI is InChI=1S/C28H29NO6/c1-14-11-21(31)20-12-19-17(24(25(20)26(14)32)22-10-7-16(13-30)35-22)8-9-18-23(19)28(34)29(27(18)33)15-5-3-2-4-6-15/h7-8,10-11,15,18-19,23-24,30H,2-6,9,12-13H2,1H3. The molecule has 7 heteroatoms. The van der Waals surface area contributed by atoms with Crippen molar-refractivity contribution in [3.63, 3.8) is 0 Å². The molecule has 2 heterocycles. The number of aliphatic hydroxyl groups is 1. The van der Waals surface area contributed by atoms with E-state index < -0.39 is 17.8 Å². The molecule has 2 amide bonds. The molecule has 1 aromatic rings. The number of carbonyl (C=O) groups is 4. The summed E-state index contributed by atoms with van der Waals surface area (Å²) in [6.07, 6.45) is 8.99. The average molecular weight is 476 g/mol. The lowest BCUT2D eigenvalue weighted by Gasteiger charge is -2.41. The number of fused-ring (bicyclic) bond motifs is 3. The molecule has 4 unspecified atom stereocenters. The van der Waals surface area contributed by atoms with E-state index in [0.717, 1.165) is 37.7 Å². The van der Waals surface area contributed by atoms with Gasteiger partial charge in [0.2, 0.25) is 11.8 Å². The van der Waals surface area contributed by atoms with Crippen LogP contribution in [-0.2, 0) is 25.8 Å². The fraction of sp³-hybridized carbons (Fsp3) is 0.500.